The van der Waals surface area contributed by atoms with Gasteiger partial charge in [-0.05, 0) is 111 Å². The molecule has 33 heavy (non-hydrogen) atoms. The third-order valence-electron chi connectivity index (χ3n) is 5.08. The highest BCUT2D eigenvalue weighted by molar-refractivity contribution is 6.20. The highest BCUT2D eigenvalue weighted by atomic mass is 14.8. The van der Waals surface area contributed by atoms with Crippen molar-refractivity contribution in [2.75, 3.05) is 0 Å². The topological polar surface area (TPSA) is 49.4 Å². The Morgan fingerprint density at radius 3 is 1.18 bits per heavy atom. The molecule has 0 saturated carbocycles. The molecule has 0 N–H and O–H groups in total. The number of benzene rings is 2. The molecule has 0 saturated heterocycles. The first kappa shape index (κ1) is 22.3. The number of aryl methyl sites for hydroxylation is 1. The summed E-state index contributed by atoms with van der Waals surface area (Å²) < 4.78 is 0. The Balaban J connectivity index is 1.39. The van der Waals surface area contributed by atoms with Crippen molar-refractivity contribution in [1.82, 2.24) is 0 Å². The molecule has 164 valence electrons. The van der Waals surface area contributed by atoms with Gasteiger partial charge in [-0.1, -0.05) is 19.1 Å². The number of rotatable bonds is 5. The van der Waals surface area contributed by atoms with Crippen LogP contribution in [0.2, 0.25) is 0 Å². The van der Waals surface area contributed by atoms with Crippen LogP contribution in [-0.4, -0.2) is 28.9 Å². The molecule has 0 aromatic heterocycles. The molecule has 4 rings (SSSR count). The van der Waals surface area contributed by atoms with Gasteiger partial charge in [0.2, 0.25) is 0 Å². The van der Waals surface area contributed by atoms with Gasteiger partial charge in [-0.25, -0.2) is 15.0 Å². The second-order valence-electron chi connectivity index (χ2n) is 8.13. The van der Waals surface area contributed by atoms with E-state index in [1.165, 1.54) is 5.56 Å². The molecule has 2 aliphatic carbocycles. The van der Waals surface area contributed by atoms with Gasteiger partial charge in [-0.15, -0.1) is 0 Å². The van der Waals surface area contributed by atoms with Gasteiger partial charge >= 0.3 is 0 Å². The molecule has 0 bridgehead atoms. The summed E-state index contributed by atoms with van der Waals surface area (Å²) in [6, 6.07) is 16.6. The quantitative estimate of drug-likeness (QED) is 0.446. The van der Waals surface area contributed by atoms with Crippen molar-refractivity contribution < 1.29 is 0 Å². The van der Waals surface area contributed by atoms with Crippen LogP contribution in [-0.2, 0) is 6.42 Å². The van der Waals surface area contributed by atoms with Gasteiger partial charge in [0.15, 0.2) is 0 Å². The van der Waals surface area contributed by atoms with Gasteiger partial charge in [0, 0.05) is 6.04 Å². The first-order chi connectivity index (χ1) is 16.1. The van der Waals surface area contributed by atoms with E-state index in [1.807, 2.05) is 72.9 Å². The number of hydrogen-bond donors (Lipinski definition) is 0. The zero-order valence-corrected chi connectivity index (χ0v) is 19.3. The maximum Gasteiger partial charge on any atom is 0.0638 e. The van der Waals surface area contributed by atoms with Crippen molar-refractivity contribution in [3.8, 4) is 0 Å². The van der Waals surface area contributed by atoms with E-state index in [-0.39, 0.29) is 6.04 Å². The van der Waals surface area contributed by atoms with E-state index in [0.717, 1.165) is 46.3 Å². The Hall–Kier alpha value is -3.92. The molecule has 4 heteroatoms. The summed E-state index contributed by atoms with van der Waals surface area (Å²) in [4.78, 5) is 18.6. The van der Waals surface area contributed by atoms with E-state index >= 15 is 0 Å². The van der Waals surface area contributed by atoms with Gasteiger partial charge in [0.05, 0.1) is 39.9 Å². The lowest BCUT2D eigenvalue weighted by molar-refractivity contribution is 0.838. The molecule has 0 aliphatic heterocycles. The van der Waals surface area contributed by atoms with E-state index in [4.69, 9.17) is 4.99 Å². The molecule has 0 unspecified atom stereocenters. The minimum atomic E-state index is 0.285. The zero-order valence-electron chi connectivity index (χ0n) is 19.3. The number of allylic oxidation sites excluding steroid dienone is 8. The van der Waals surface area contributed by atoms with Gasteiger partial charge < -0.3 is 0 Å². The maximum atomic E-state index is 4.70. The van der Waals surface area contributed by atoms with Crippen LogP contribution < -0.4 is 0 Å². The number of aliphatic imine (C=N–C) groups is 4. The molecule has 2 aliphatic rings. The molecular weight excluding hydrogens is 404 g/mol. The normalized spacial score (nSPS) is 14.8. The SMILES string of the molecule is CCc1ccc(N=C2C=CC(=Nc3ccc(N=C4C=CC(=NC(C)C)C=C4)cc3)C=C2)cc1. The van der Waals surface area contributed by atoms with E-state index in [9.17, 15) is 0 Å². The average Bonchev–Trinajstić information content (AvgIpc) is 2.83. The van der Waals surface area contributed by atoms with Crippen LogP contribution in [0.1, 0.15) is 26.3 Å². The standard InChI is InChI=1S/C29H28N4/c1-4-22-5-7-24(8-6-22)31-26-13-15-28(16-14-26)33-29-19-17-27(18-20-29)32-25-11-9-23(10-12-25)30-21(2)3/h5-21H,4H2,1-3H3. The van der Waals surface area contributed by atoms with Crippen LogP contribution in [0.5, 0.6) is 0 Å². The Morgan fingerprint density at radius 1 is 0.515 bits per heavy atom. The summed E-state index contributed by atoms with van der Waals surface area (Å²) in [6.07, 6.45) is 17.0. The van der Waals surface area contributed by atoms with Gasteiger partial charge in [-0.2, -0.15) is 0 Å². The maximum absolute atomic E-state index is 4.70. The van der Waals surface area contributed by atoms with Crippen molar-refractivity contribution in [3.05, 3.63) is 103 Å². The van der Waals surface area contributed by atoms with E-state index in [1.54, 1.807) is 0 Å². The predicted molar refractivity (Wildman–Crippen MR) is 143 cm³/mol. The third kappa shape index (κ3) is 6.53. The van der Waals surface area contributed by atoms with E-state index < -0.39 is 0 Å². The summed E-state index contributed by atoms with van der Waals surface area (Å²) in [7, 11) is 0. The Bertz CT molecular complexity index is 1190. The molecule has 0 fully saturated rings. The van der Waals surface area contributed by atoms with Crippen LogP contribution in [0.25, 0.3) is 0 Å². The molecule has 2 aromatic carbocycles. The van der Waals surface area contributed by atoms with E-state index in [0.29, 0.717) is 0 Å². The first-order valence-corrected chi connectivity index (χ1v) is 11.3. The fourth-order valence-electron chi connectivity index (χ4n) is 3.37. The van der Waals surface area contributed by atoms with Crippen LogP contribution in [0, 0.1) is 0 Å². The number of hydrogen-bond acceptors (Lipinski definition) is 4. The molecule has 0 heterocycles. The summed E-state index contributed by atoms with van der Waals surface area (Å²) in [5, 5.41) is 0. The molecule has 4 nitrogen and oxygen atoms in total. The summed E-state index contributed by atoms with van der Waals surface area (Å²) in [5.41, 5.74) is 7.75. The Morgan fingerprint density at radius 2 is 0.848 bits per heavy atom. The summed E-state index contributed by atoms with van der Waals surface area (Å²) in [5.74, 6) is 0. The minimum Gasteiger partial charge on any atom is -0.283 e. The Labute approximate surface area is 196 Å². The van der Waals surface area contributed by atoms with Crippen LogP contribution in [0.4, 0.5) is 17.1 Å². The molecule has 0 atom stereocenters. The largest absolute Gasteiger partial charge is 0.283 e. The molecular formula is C29H28N4. The second-order valence-corrected chi connectivity index (χ2v) is 8.13. The lowest BCUT2D eigenvalue weighted by Gasteiger charge is -2.05. The van der Waals surface area contributed by atoms with Gasteiger partial charge in [0.1, 0.15) is 0 Å². The summed E-state index contributed by atoms with van der Waals surface area (Å²) >= 11 is 0. The van der Waals surface area contributed by atoms with Crippen molar-refractivity contribution in [2.45, 2.75) is 33.2 Å². The first-order valence-electron chi connectivity index (χ1n) is 11.3. The van der Waals surface area contributed by atoms with E-state index in [2.05, 4.69) is 60.0 Å². The fourth-order valence-corrected chi connectivity index (χ4v) is 3.37. The van der Waals surface area contributed by atoms with Crippen molar-refractivity contribution in [3.63, 3.8) is 0 Å². The monoisotopic (exact) mass is 432 g/mol. The van der Waals surface area contributed by atoms with Crippen LogP contribution >= 0.6 is 0 Å². The van der Waals surface area contributed by atoms with Gasteiger partial charge in [0.25, 0.3) is 0 Å². The van der Waals surface area contributed by atoms with Gasteiger partial charge in [-0.3, -0.25) is 4.99 Å². The molecule has 2 aromatic rings. The van der Waals surface area contributed by atoms with Crippen LogP contribution in [0.3, 0.4) is 0 Å². The number of nitrogens with zero attached hydrogens (tertiary/aromatic N) is 4. The lowest BCUT2D eigenvalue weighted by atomic mass is 10.1. The van der Waals surface area contributed by atoms with Crippen molar-refractivity contribution in [2.24, 2.45) is 20.0 Å². The summed E-state index contributed by atoms with van der Waals surface area (Å²) in [6.45, 7) is 6.29. The second kappa shape index (κ2) is 10.6. The molecule has 0 spiro atoms. The highest BCUT2D eigenvalue weighted by Crippen LogP contribution is 2.21. The average molecular weight is 433 g/mol. The van der Waals surface area contributed by atoms with Crippen molar-refractivity contribution in [1.29, 1.82) is 0 Å². The minimum absolute atomic E-state index is 0.285. The Kier molecular flexibility index (Phi) is 7.16. The fraction of sp³-hybridized carbons (Fsp3) is 0.172. The van der Waals surface area contributed by atoms with Crippen molar-refractivity contribution >= 4 is 39.9 Å². The molecule has 0 amide bonds. The zero-order chi connectivity index (χ0) is 23.0. The lowest BCUT2D eigenvalue weighted by Crippen LogP contribution is -2.02. The predicted octanol–water partition coefficient (Wildman–Crippen LogP) is 7.27. The highest BCUT2D eigenvalue weighted by Gasteiger charge is 2.03. The molecule has 0 radical (unpaired) electrons. The smallest absolute Gasteiger partial charge is 0.0638 e. The third-order valence-corrected chi connectivity index (χ3v) is 5.08. The van der Waals surface area contributed by atoms with Crippen LogP contribution in [0.15, 0.2) is 117 Å².